The van der Waals surface area contributed by atoms with Crippen LogP contribution in [-0.2, 0) is 4.74 Å². The molecule has 1 atom stereocenters. The number of hydrogen-bond donors (Lipinski definition) is 2. The maximum absolute atomic E-state index is 13.7. The SMILES string of the molecule is NNC(C1=CCCO1)c1c(F)cccc1Cl. The molecule has 0 spiro atoms. The van der Waals surface area contributed by atoms with E-state index >= 15 is 0 Å². The van der Waals surface area contributed by atoms with Crippen LogP contribution >= 0.6 is 11.6 Å². The van der Waals surface area contributed by atoms with Crippen LogP contribution in [0, 0.1) is 5.82 Å². The molecule has 3 N–H and O–H groups in total. The molecule has 0 saturated carbocycles. The van der Waals surface area contributed by atoms with Gasteiger partial charge >= 0.3 is 0 Å². The van der Waals surface area contributed by atoms with E-state index in [4.69, 9.17) is 22.2 Å². The molecule has 2 rings (SSSR count). The minimum atomic E-state index is -0.531. The molecule has 0 aromatic heterocycles. The lowest BCUT2D eigenvalue weighted by molar-refractivity contribution is 0.214. The maximum Gasteiger partial charge on any atom is 0.129 e. The number of nitrogens with two attached hydrogens (primary N) is 1. The van der Waals surface area contributed by atoms with Gasteiger partial charge in [-0.2, -0.15) is 0 Å². The van der Waals surface area contributed by atoms with Crippen LogP contribution in [0.15, 0.2) is 30.0 Å². The number of halogens is 2. The van der Waals surface area contributed by atoms with E-state index in [2.05, 4.69) is 5.43 Å². The number of ether oxygens (including phenoxy) is 1. The monoisotopic (exact) mass is 242 g/mol. The summed E-state index contributed by atoms with van der Waals surface area (Å²) in [4.78, 5) is 0. The van der Waals surface area contributed by atoms with Crippen LogP contribution in [0.25, 0.3) is 0 Å². The Hall–Kier alpha value is -1.10. The number of hydrogen-bond acceptors (Lipinski definition) is 3. The molecular weight excluding hydrogens is 231 g/mol. The zero-order valence-electron chi connectivity index (χ0n) is 8.54. The molecule has 0 fully saturated rings. The fourth-order valence-electron chi connectivity index (χ4n) is 1.73. The summed E-state index contributed by atoms with van der Waals surface area (Å²) < 4.78 is 19.0. The smallest absolute Gasteiger partial charge is 0.129 e. The highest BCUT2D eigenvalue weighted by Crippen LogP contribution is 2.32. The lowest BCUT2D eigenvalue weighted by atomic mass is 10.0. The second kappa shape index (κ2) is 4.82. The molecule has 0 saturated heterocycles. The van der Waals surface area contributed by atoms with Gasteiger partial charge in [-0.15, -0.1) is 0 Å². The molecule has 16 heavy (non-hydrogen) atoms. The third kappa shape index (κ3) is 2.04. The first-order valence-corrected chi connectivity index (χ1v) is 5.34. The average Bonchev–Trinajstić information content (AvgIpc) is 2.77. The lowest BCUT2D eigenvalue weighted by Crippen LogP contribution is -2.30. The first-order valence-electron chi connectivity index (χ1n) is 4.97. The number of benzene rings is 1. The standard InChI is InChI=1S/C11H12ClFN2O/c12-7-3-1-4-8(13)10(7)11(15-14)9-5-2-6-16-9/h1,3-5,11,15H,2,6,14H2. The number of hydrazine groups is 1. The summed E-state index contributed by atoms with van der Waals surface area (Å²) in [6.45, 7) is 0.597. The highest BCUT2D eigenvalue weighted by Gasteiger charge is 2.24. The van der Waals surface area contributed by atoms with Gasteiger partial charge < -0.3 is 4.74 Å². The number of nitrogens with one attached hydrogen (secondary N) is 1. The Balaban J connectivity index is 2.40. The second-order valence-corrected chi connectivity index (χ2v) is 3.89. The fourth-order valence-corrected chi connectivity index (χ4v) is 2.00. The van der Waals surface area contributed by atoms with Crippen molar-refractivity contribution < 1.29 is 9.13 Å². The molecule has 0 bridgehead atoms. The molecule has 1 unspecified atom stereocenters. The lowest BCUT2D eigenvalue weighted by Gasteiger charge is -2.19. The summed E-state index contributed by atoms with van der Waals surface area (Å²) in [5, 5.41) is 0.333. The summed E-state index contributed by atoms with van der Waals surface area (Å²) in [7, 11) is 0. The maximum atomic E-state index is 13.7. The van der Waals surface area contributed by atoms with Gasteiger partial charge in [-0.05, 0) is 18.2 Å². The molecule has 1 aliphatic heterocycles. The van der Waals surface area contributed by atoms with Crippen LogP contribution < -0.4 is 11.3 Å². The predicted octanol–water partition coefficient (Wildman–Crippen LogP) is 2.29. The molecule has 0 amide bonds. The van der Waals surface area contributed by atoms with Gasteiger partial charge in [0.2, 0.25) is 0 Å². The van der Waals surface area contributed by atoms with E-state index in [1.807, 2.05) is 6.08 Å². The molecular formula is C11H12ClFN2O. The van der Waals surface area contributed by atoms with Crippen molar-refractivity contribution in [2.45, 2.75) is 12.5 Å². The summed E-state index contributed by atoms with van der Waals surface area (Å²) in [5.41, 5.74) is 2.84. The van der Waals surface area contributed by atoms with Crippen molar-refractivity contribution >= 4 is 11.6 Å². The Morgan fingerprint density at radius 3 is 2.88 bits per heavy atom. The van der Waals surface area contributed by atoms with Crippen LogP contribution in [0.3, 0.4) is 0 Å². The fraction of sp³-hybridized carbons (Fsp3) is 0.273. The van der Waals surface area contributed by atoms with Crippen molar-refractivity contribution in [3.05, 3.63) is 46.4 Å². The van der Waals surface area contributed by atoms with Gasteiger partial charge in [0.25, 0.3) is 0 Å². The van der Waals surface area contributed by atoms with E-state index in [9.17, 15) is 4.39 Å². The number of rotatable bonds is 3. The first kappa shape index (κ1) is 11.4. The molecule has 5 heteroatoms. The average molecular weight is 243 g/mol. The van der Waals surface area contributed by atoms with E-state index in [1.54, 1.807) is 12.1 Å². The largest absolute Gasteiger partial charge is 0.496 e. The van der Waals surface area contributed by atoms with Crippen LogP contribution in [0.2, 0.25) is 5.02 Å². The Morgan fingerprint density at radius 2 is 2.31 bits per heavy atom. The third-order valence-corrected chi connectivity index (χ3v) is 2.80. The minimum Gasteiger partial charge on any atom is -0.496 e. The van der Waals surface area contributed by atoms with E-state index in [-0.39, 0.29) is 0 Å². The van der Waals surface area contributed by atoms with Crippen molar-refractivity contribution in [3.63, 3.8) is 0 Å². The summed E-state index contributed by atoms with van der Waals surface area (Å²) in [6, 6.07) is 4.00. The Labute approximate surface area is 98.0 Å². The van der Waals surface area contributed by atoms with Gasteiger partial charge in [-0.1, -0.05) is 17.7 Å². The first-order chi connectivity index (χ1) is 7.74. The zero-order valence-corrected chi connectivity index (χ0v) is 9.30. The molecule has 1 aromatic carbocycles. The zero-order chi connectivity index (χ0) is 11.5. The van der Waals surface area contributed by atoms with Crippen molar-refractivity contribution in [1.82, 2.24) is 5.43 Å². The predicted molar refractivity (Wildman–Crippen MR) is 60.1 cm³/mol. The van der Waals surface area contributed by atoms with Crippen LogP contribution in [-0.4, -0.2) is 6.61 Å². The van der Waals surface area contributed by atoms with Gasteiger partial charge in [0, 0.05) is 17.0 Å². The van der Waals surface area contributed by atoms with Crippen LogP contribution in [0.5, 0.6) is 0 Å². The van der Waals surface area contributed by atoms with E-state index < -0.39 is 11.9 Å². The van der Waals surface area contributed by atoms with E-state index in [0.717, 1.165) is 6.42 Å². The summed E-state index contributed by atoms with van der Waals surface area (Å²) in [5.74, 6) is 5.65. The van der Waals surface area contributed by atoms with Gasteiger partial charge in [-0.3, -0.25) is 5.84 Å². The van der Waals surface area contributed by atoms with Crippen LogP contribution in [0.4, 0.5) is 4.39 Å². The Bertz CT molecular complexity index is 402. The summed E-state index contributed by atoms with van der Waals surface area (Å²) >= 11 is 5.96. The molecule has 1 aliphatic rings. The summed E-state index contributed by atoms with van der Waals surface area (Å²) in [6.07, 6.45) is 2.69. The van der Waals surface area contributed by atoms with E-state index in [0.29, 0.717) is 23.0 Å². The van der Waals surface area contributed by atoms with Crippen molar-refractivity contribution in [3.8, 4) is 0 Å². The van der Waals surface area contributed by atoms with Gasteiger partial charge in [-0.25, -0.2) is 9.82 Å². The second-order valence-electron chi connectivity index (χ2n) is 3.48. The molecule has 0 aliphatic carbocycles. The Kier molecular flexibility index (Phi) is 3.43. The molecule has 0 radical (unpaired) electrons. The van der Waals surface area contributed by atoms with Crippen molar-refractivity contribution in [2.24, 2.45) is 5.84 Å². The van der Waals surface area contributed by atoms with Gasteiger partial charge in [0.05, 0.1) is 6.61 Å². The van der Waals surface area contributed by atoms with Crippen molar-refractivity contribution in [2.75, 3.05) is 6.61 Å². The van der Waals surface area contributed by atoms with Crippen LogP contribution in [0.1, 0.15) is 18.0 Å². The van der Waals surface area contributed by atoms with Gasteiger partial charge in [0.1, 0.15) is 17.6 Å². The topological polar surface area (TPSA) is 47.3 Å². The molecule has 86 valence electrons. The van der Waals surface area contributed by atoms with E-state index in [1.165, 1.54) is 6.07 Å². The normalized spacial score (nSPS) is 16.8. The molecule has 1 heterocycles. The van der Waals surface area contributed by atoms with Gasteiger partial charge in [0.15, 0.2) is 0 Å². The highest BCUT2D eigenvalue weighted by molar-refractivity contribution is 6.31. The minimum absolute atomic E-state index is 0.319. The van der Waals surface area contributed by atoms with Crippen molar-refractivity contribution in [1.29, 1.82) is 0 Å². The quantitative estimate of drug-likeness (QED) is 0.632. The third-order valence-electron chi connectivity index (χ3n) is 2.47. The Morgan fingerprint density at radius 1 is 1.50 bits per heavy atom. The molecule has 3 nitrogen and oxygen atoms in total. The molecule has 1 aromatic rings. The highest BCUT2D eigenvalue weighted by atomic mass is 35.5.